The molecule has 0 radical (unpaired) electrons. The average molecular weight is 327 g/mol. The number of carbonyl (C=O) groups is 1. The zero-order valence-electron chi connectivity index (χ0n) is 12.4. The minimum Gasteiger partial charge on any atom is -0.508 e. The van der Waals surface area contributed by atoms with Crippen LogP contribution in [0.15, 0.2) is 54.6 Å². The van der Waals surface area contributed by atoms with E-state index in [1.807, 2.05) is 30.3 Å². The van der Waals surface area contributed by atoms with Crippen LogP contribution in [0.25, 0.3) is 10.1 Å². The van der Waals surface area contributed by atoms with Gasteiger partial charge in [-0.1, -0.05) is 30.3 Å². The van der Waals surface area contributed by atoms with Gasteiger partial charge < -0.3 is 15.5 Å². The lowest BCUT2D eigenvalue weighted by molar-refractivity contribution is -0.120. The lowest BCUT2D eigenvalue weighted by atomic mass is 10.1. The molecule has 0 saturated heterocycles. The minimum absolute atomic E-state index is 0.139. The Balaban J connectivity index is 1.57. The minimum atomic E-state index is -0.722. The second kappa shape index (κ2) is 6.81. The Hall–Kier alpha value is -2.37. The molecule has 0 fully saturated rings. The zero-order chi connectivity index (χ0) is 16.2. The Bertz CT molecular complexity index is 795. The van der Waals surface area contributed by atoms with E-state index in [1.54, 1.807) is 24.3 Å². The first kappa shape index (κ1) is 15.5. The maximum atomic E-state index is 11.9. The second-order valence-electron chi connectivity index (χ2n) is 5.35. The molecule has 2 aromatic carbocycles. The number of fused-ring (bicyclic) bond motifs is 1. The first-order chi connectivity index (χ1) is 11.1. The van der Waals surface area contributed by atoms with E-state index < -0.39 is 6.10 Å². The Morgan fingerprint density at radius 3 is 2.74 bits per heavy atom. The van der Waals surface area contributed by atoms with Gasteiger partial charge in [-0.25, -0.2) is 0 Å². The molecular weight excluding hydrogens is 310 g/mol. The number of hydrogen-bond donors (Lipinski definition) is 3. The largest absolute Gasteiger partial charge is 0.508 e. The number of thiophene rings is 1. The highest BCUT2D eigenvalue weighted by atomic mass is 32.1. The molecule has 3 rings (SSSR count). The predicted molar refractivity (Wildman–Crippen MR) is 91.6 cm³/mol. The van der Waals surface area contributed by atoms with Crippen LogP contribution >= 0.6 is 11.3 Å². The molecule has 1 aromatic heterocycles. The van der Waals surface area contributed by atoms with Gasteiger partial charge in [0, 0.05) is 16.1 Å². The molecule has 0 aliphatic carbocycles. The van der Waals surface area contributed by atoms with Gasteiger partial charge >= 0.3 is 0 Å². The fraction of sp³-hybridized carbons (Fsp3) is 0.167. The van der Waals surface area contributed by atoms with Crippen LogP contribution in [-0.2, 0) is 11.2 Å². The number of phenols is 1. The number of nitrogens with one attached hydrogen (secondary N) is 1. The highest BCUT2D eigenvalue weighted by Gasteiger charge is 2.13. The van der Waals surface area contributed by atoms with E-state index in [4.69, 9.17) is 0 Å². The standard InChI is InChI=1S/C18H17NO3S/c20-14-6-3-4-12(8-14)9-18(22)19-11-15(21)17-10-13-5-1-2-7-16(13)23-17/h1-8,10,15,20-21H,9,11H2,(H,19,22). The van der Waals surface area contributed by atoms with E-state index in [2.05, 4.69) is 5.32 Å². The van der Waals surface area contributed by atoms with Crippen LogP contribution < -0.4 is 5.32 Å². The Morgan fingerprint density at radius 2 is 1.96 bits per heavy atom. The van der Waals surface area contributed by atoms with Gasteiger partial charge in [0.2, 0.25) is 5.91 Å². The molecule has 4 nitrogen and oxygen atoms in total. The highest BCUT2D eigenvalue weighted by Crippen LogP contribution is 2.29. The van der Waals surface area contributed by atoms with Crippen LogP contribution in [-0.4, -0.2) is 22.7 Å². The average Bonchev–Trinajstić information content (AvgIpc) is 2.97. The van der Waals surface area contributed by atoms with Crippen LogP contribution in [0.2, 0.25) is 0 Å². The highest BCUT2D eigenvalue weighted by molar-refractivity contribution is 7.19. The number of aliphatic hydroxyl groups excluding tert-OH is 1. The monoisotopic (exact) mass is 327 g/mol. The summed E-state index contributed by atoms with van der Waals surface area (Å²) in [6, 6.07) is 16.5. The summed E-state index contributed by atoms with van der Waals surface area (Å²) in [6.07, 6.45) is -0.548. The summed E-state index contributed by atoms with van der Waals surface area (Å²) in [5, 5.41) is 23.5. The van der Waals surface area contributed by atoms with Crippen molar-refractivity contribution in [1.29, 1.82) is 0 Å². The third-order valence-corrected chi connectivity index (χ3v) is 4.76. The molecule has 3 aromatic rings. The molecule has 0 spiro atoms. The van der Waals surface area contributed by atoms with Gasteiger partial charge in [0.05, 0.1) is 6.42 Å². The van der Waals surface area contributed by atoms with Crippen molar-refractivity contribution in [2.45, 2.75) is 12.5 Å². The predicted octanol–water partition coefficient (Wildman–Crippen LogP) is 3.00. The molecule has 3 N–H and O–H groups in total. The van der Waals surface area contributed by atoms with Crippen molar-refractivity contribution in [1.82, 2.24) is 5.32 Å². The third-order valence-electron chi connectivity index (χ3n) is 3.54. The van der Waals surface area contributed by atoms with E-state index >= 15 is 0 Å². The summed E-state index contributed by atoms with van der Waals surface area (Å²) >= 11 is 1.53. The number of aromatic hydroxyl groups is 1. The Kier molecular flexibility index (Phi) is 4.60. The van der Waals surface area contributed by atoms with Crippen LogP contribution in [0.4, 0.5) is 0 Å². The van der Waals surface area contributed by atoms with Gasteiger partial charge in [-0.15, -0.1) is 11.3 Å². The van der Waals surface area contributed by atoms with Gasteiger partial charge in [-0.2, -0.15) is 0 Å². The van der Waals surface area contributed by atoms with Crippen LogP contribution in [0.3, 0.4) is 0 Å². The van der Waals surface area contributed by atoms with Crippen molar-refractivity contribution < 1.29 is 15.0 Å². The second-order valence-corrected chi connectivity index (χ2v) is 6.47. The molecule has 1 atom stereocenters. The van der Waals surface area contributed by atoms with Crippen molar-refractivity contribution >= 4 is 27.3 Å². The molecule has 0 aliphatic heterocycles. The lowest BCUT2D eigenvalue weighted by Gasteiger charge is -2.10. The molecule has 23 heavy (non-hydrogen) atoms. The topological polar surface area (TPSA) is 69.6 Å². The summed E-state index contributed by atoms with van der Waals surface area (Å²) in [5.74, 6) is -0.0450. The number of hydrogen-bond acceptors (Lipinski definition) is 4. The Morgan fingerprint density at radius 1 is 1.13 bits per heavy atom. The summed E-state index contributed by atoms with van der Waals surface area (Å²) in [5.41, 5.74) is 0.735. The lowest BCUT2D eigenvalue weighted by Crippen LogP contribution is -2.29. The molecule has 0 bridgehead atoms. The molecular formula is C18H17NO3S. The fourth-order valence-electron chi connectivity index (χ4n) is 2.39. The zero-order valence-corrected chi connectivity index (χ0v) is 13.2. The fourth-order valence-corrected chi connectivity index (χ4v) is 3.44. The number of benzene rings is 2. The molecule has 1 amide bonds. The van der Waals surface area contributed by atoms with E-state index in [0.717, 1.165) is 20.5 Å². The van der Waals surface area contributed by atoms with E-state index in [-0.39, 0.29) is 24.6 Å². The SMILES string of the molecule is O=C(Cc1cccc(O)c1)NCC(O)c1cc2ccccc2s1. The molecule has 5 heteroatoms. The maximum absolute atomic E-state index is 11.9. The molecule has 0 saturated carbocycles. The Labute approximate surface area is 138 Å². The number of phenolic OH excluding ortho intramolecular Hbond substituents is 1. The van der Waals surface area contributed by atoms with Crippen LogP contribution in [0.1, 0.15) is 16.5 Å². The first-order valence-corrected chi connectivity index (χ1v) is 8.14. The van der Waals surface area contributed by atoms with Crippen molar-refractivity contribution in [3.05, 3.63) is 65.0 Å². The van der Waals surface area contributed by atoms with Crippen molar-refractivity contribution in [2.75, 3.05) is 6.54 Å². The van der Waals surface area contributed by atoms with Gasteiger partial charge in [0.1, 0.15) is 11.9 Å². The summed E-state index contributed by atoms with van der Waals surface area (Å²) in [4.78, 5) is 12.8. The van der Waals surface area contributed by atoms with Gasteiger partial charge in [-0.3, -0.25) is 4.79 Å². The van der Waals surface area contributed by atoms with Gasteiger partial charge in [0.25, 0.3) is 0 Å². The molecule has 1 unspecified atom stereocenters. The number of carbonyl (C=O) groups excluding carboxylic acids is 1. The van der Waals surface area contributed by atoms with Crippen LogP contribution in [0.5, 0.6) is 5.75 Å². The van der Waals surface area contributed by atoms with Crippen molar-refractivity contribution in [3.63, 3.8) is 0 Å². The summed E-state index contributed by atoms with van der Waals surface area (Å²) in [7, 11) is 0. The summed E-state index contributed by atoms with van der Waals surface area (Å²) < 4.78 is 1.12. The van der Waals surface area contributed by atoms with Gasteiger partial charge in [-0.05, 0) is 35.2 Å². The quantitative estimate of drug-likeness (QED) is 0.675. The first-order valence-electron chi connectivity index (χ1n) is 7.33. The third kappa shape index (κ3) is 3.88. The summed E-state index contributed by atoms with van der Waals surface area (Å²) in [6.45, 7) is 0.171. The number of aliphatic hydroxyl groups is 1. The van der Waals surface area contributed by atoms with E-state index in [0.29, 0.717) is 0 Å². The number of amides is 1. The molecule has 1 heterocycles. The normalized spacial score (nSPS) is 12.2. The van der Waals surface area contributed by atoms with Crippen molar-refractivity contribution in [2.24, 2.45) is 0 Å². The molecule has 0 aliphatic rings. The number of rotatable bonds is 5. The smallest absolute Gasteiger partial charge is 0.224 e. The molecule has 118 valence electrons. The van der Waals surface area contributed by atoms with Crippen molar-refractivity contribution in [3.8, 4) is 5.75 Å². The van der Waals surface area contributed by atoms with E-state index in [1.165, 1.54) is 11.3 Å². The van der Waals surface area contributed by atoms with Gasteiger partial charge in [0.15, 0.2) is 0 Å². The maximum Gasteiger partial charge on any atom is 0.224 e. The van der Waals surface area contributed by atoms with E-state index in [9.17, 15) is 15.0 Å². The van der Waals surface area contributed by atoms with Crippen LogP contribution in [0, 0.1) is 0 Å².